The summed E-state index contributed by atoms with van der Waals surface area (Å²) in [6.07, 6.45) is 5.10. The molecule has 3 aromatic heterocycles. The van der Waals surface area contributed by atoms with E-state index in [0.717, 1.165) is 33.2 Å². The Morgan fingerprint density at radius 1 is 1.11 bits per heavy atom. The third-order valence-corrected chi connectivity index (χ3v) is 6.31. The van der Waals surface area contributed by atoms with Crippen molar-refractivity contribution in [3.63, 3.8) is 0 Å². The normalized spacial score (nSPS) is 12.0. The van der Waals surface area contributed by atoms with Gasteiger partial charge in [0.15, 0.2) is 0 Å². The number of aromatic amines is 1. The first-order valence-corrected chi connectivity index (χ1v) is 11.9. The fraction of sp³-hybridized carbons (Fsp3) is 0.222. The molecule has 0 aliphatic carbocycles. The molecule has 1 amide bonds. The molecule has 0 fully saturated rings. The Morgan fingerprint density at radius 3 is 2.81 bits per heavy atom. The van der Waals surface area contributed by atoms with Gasteiger partial charge >= 0.3 is 0 Å². The zero-order chi connectivity index (χ0) is 25.8. The number of fused-ring (bicyclic) bond motifs is 2. The van der Waals surface area contributed by atoms with Gasteiger partial charge in [-0.25, -0.2) is 9.97 Å². The summed E-state index contributed by atoms with van der Waals surface area (Å²) in [5.74, 6) is 0.899. The highest BCUT2D eigenvalue weighted by Gasteiger charge is 2.21. The van der Waals surface area contributed by atoms with Crippen LogP contribution in [-0.2, 0) is 11.3 Å². The first-order chi connectivity index (χ1) is 18.0. The Kier molecular flexibility index (Phi) is 6.91. The Bertz CT molecular complexity index is 1520. The zero-order valence-corrected chi connectivity index (χ0v) is 20.6. The minimum Gasteiger partial charge on any atom is -0.491 e. The quantitative estimate of drug-likeness (QED) is 0.318. The van der Waals surface area contributed by atoms with Gasteiger partial charge in [0.1, 0.15) is 31.1 Å². The van der Waals surface area contributed by atoms with Gasteiger partial charge in [0.25, 0.3) is 0 Å². The van der Waals surface area contributed by atoms with Crippen molar-refractivity contribution in [2.45, 2.75) is 19.5 Å². The standard InChI is InChI=1S/C27H27N7O3/c1-18(33(2)25(36)15-35)16-37-24-8-5-7-23-26(24)27(30-17-29-23)34(14-20-6-3-4-11-28-20)21-9-10-22-19(12-21)13-31-32-22/h3-13,17-18,35H,14-16H2,1-2H3,(H,31,32)/t18-/m1/s1. The topological polar surface area (TPSA) is 120 Å². The van der Waals surface area contributed by atoms with Crippen LogP contribution in [0, 0.1) is 0 Å². The number of rotatable bonds is 9. The summed E-state index contributed by atoms with van der Waals surface area (Å²) in [5.41, 5.74) is 3.45. The van der Waals surface area contributed by atoms with Crippen LogP contribution in [0.4, 0.5) is 11.5 Å². The number of benzene rings is 2. The van der Waals surface area contributed by atoms with Gasteiger partial charge in [-0.05, 0) is 49.4 Å². The summed E-state index contributed by atoms with van der Waals surface area (Å²) >= 11 is 0. The number of aliphatic hydroxyl groups is 1. The number of ether oxygens (including phenoxy) is 1. The summed E-state index contributed by atoms with van der Waals surface area (Å²) in [4.78, 5) is 29.2. The van der Waals surface area contributed by atoms with Crippen molar-refractivity contribution in [2.75, 3.05) is 25.2 Å². The molecule has 0 bridgehead atoms. The van der Waals surface area contributed by atoms with E-state index >= 15 is 0 Å². The second kappa shape index (κ2) is 10.6. The third kappa shape index (κ3) is 5.05. The van der Waals surface area contributed by atoms with Gasteiger partial charge in [0, 0.05) is 24.3 Å². The van der Waals surface area contributed by atoms with E-state index in [1.54, 1.807) is 25.8 Å². The van der Waals surface area contributed by atoms with Crippen LogP contribution in [0.15, 0.2) is 73.3 Å². The van der Waals surface area contributed by atoms with Crippen molar-refractivity contribution in [3.8, 4) is 5.75 Å². The molecule has 0 aliphatic heterocycles. The first-order valence-electron chi connectivity index (χ1n) is 11.9. The van der Waals surface area contributed by atoms with Gasteiger partial charge in [-0.2, -0.15) is 5.10 Å². The Balaban J connectivity index is 1.58. The van der Waals surface area contributed by atoms with E-state index in [1.807, 2.05) is 55.5 Å². The molecule has 10 heteroatoms. The van der Waals surface area contributed by atoms with Crippen LogP contribution >= 0.6 is 0 Å². The minimum absolute atomic E-state index is 0.233. The summed E-state index contributed by atoms with van der Waals surface area (Å²) in [6.45, 7) is 2.02. The van der Waals surface area contributed by atoms with Crippen molar-refractivity contribution in [1.82, 2.24) is 30.0 Å². The molecule has 10 nitrogen and oxygen atoms in total. The van der Waals surface area contributed by atoms with E-state index in [4.69, 9.17) is 9.72 Å². The number of carbonyl (C=O) groups excluding carboxylic acids is 1. The molecule has 37 heavy (non-hydrogen) atoms. The fourth-order valence-corrected chi connectivity index (χ4v) is 4.11. The highest BCUT2D eigenvalue weighted by Crippen LogP contribution is 2.37. The highest BCUT2D eigenvalue weighted by molar-refractivity contribution is 5.97. The second-order valence-electron chi connectivity index (χ2n) is 8.72. The average molecular weight is 498 g/mol. The summed E-state index contributed by atoms with van der Waals surface area (Å²) in [7, 11) is 1.64. The molecule has 0 radical (unpaired) electrons. The monoisotopic (exact) mass is 497 g/mol. The number of nitrogens with zero attached hydrogens (tertiary/aromatic N) is 6. The molecule has 5 aromatic rings. The van der Waals surface area contributed by atoms with Crippen molar-refractivity contribution in [3.05, 3.63) is 79.0 Å². The predicted molar refractivity (Wildman–Crippen MR) is 141 cm³/mol. The molecule has 0 saturated carbocycles. The number of anilines is 2. The Morgan fingerprint density at radius 2 is 2.00 bits per heavy atom. The molecule has 0 saturated heterocycles. The molecule has 188 valence electrons. The molecule has 2 N–H and O–H groups in total. The number of carbonyl (C=O) groups is 1. The summed E-state index contributed by atoms with van der Waals surface area (Å²) in [5, 5.41) is 18.1. The van der Waals surface area contributed by atoms with E-state index in [9.17, 15) is 9.90 Å². The smallest absolute Gasteiger partial charge is 0.248 e. The van der Waals surface area contributed by atoms with Crippen LogP contribution in [0.25, 0.3) is 21.8 Å². The third-order valence-electron chi connectivity index (χ3n) is 6.31. The van der Waals surface area contributed by atoms with E-state index in [2.05, 4.69) is 31.1 Å². The van der Waals surface area contributed by atoms with Gasteiger partial charge in [-0.15, -0.1) is 0 Å². The van der Waals surface area contributed by atoms with Crippen LogP contribution in [0.1, 0.15) is 12.6 Å². The molecule has 0 unspecified atom stereocenters. The SMILES string of the molecule is C[C@H](COc1cccc2ncnc(N(Cc3ccccn3)c3ccc4[nH]ncc4c3)c12)N(C)C(=O)CO. The first kappa shape index (κ1) is 24.1. The molecule has 3 heterocycles. The van der Waals surface area contributed by atoms with Gasteiger partial charge in [-0.3, -0.25) is 14.9 Å². The number of nitrogens with one attached hydrogen (secondary N) is 1. The van der Waals surface area contributed by atoms with Crippen molar-refractivity contribution < 1.29 is 14.6 Å². The minimum atomic E-state index is -0.545. The lowest BCUT2D eigenvalue weighted by molar-refractivity contribution is -0.135. The summed E-state index contributed by atoms with van der Waals surface area (Å²) < 4.78 is 6.22. The van der Waals surface area contributed by atoms with E-state index < -0.39 is 6.61 Å². The maximum Gasteiger partial charge on any atom is 0.248 e. The van der Waals surface area contributed by atoms with Gasteiger partial charge in [-0.1, -0.05) is 12.1 Å². The summed E-state index contributed by atoms with van der Waals surface area (Å²) in [6, 6.07) is 17.3. The number of H-pyrrole nitrogens is 1. The highest BCUT2D eigenvalue weighted by atomic mass is 16.5. The number of hydrogen-bond acceptors (Lipinski definition) is 8. The van der Waals surface area contributed by atoms with E-state index in [0.29, 0.717) is 18.1 Å². The average Bonchev–Trinajstić information content (AvgIpc) is 3.42. The molecule has 0 aliphatic rings. The maximum absolute atomic E-state index is 11.9. The Hall–Kier alpha value is -4.57. The van der Waals surface area contributed by atoms with Gasteiger partial charge < -0.3 is 19.6 Å². The van der Waals surface area contributed by atoms with Crippen LogP contribution < -0.4 is 9.64 Å². The zero-order valence-electron chi connectivity index (χ0n) is 20.6. The van der Waals surface area contributed by atoms with E-state index in [-0.39, 0.29) is 18.6 Å². The number of aliphatic hydroxyl groups excluding tert-OH is 1. The van der Waals surface area contributed by atoms with Gasteiger partial charge in [0.05, 0.1) is 40.9 Å². The Labute approximate surface area is 213 Å². The van der Waals surface area contributed by atoms with Crippen LogP contribution in [0.5, 0.6) is 5.75 Å². The van der Waals surface area contributed by atoms with Crippen LogP contribution in [0.2, 0.25) is 0 Å². The maximum atomic E-state index is 11.9. The van der Waals surface area contributed by atoms with Crippen LogP contribution in [-0.4, -0.2) is 67.4 Å². The number of hydrogen-bond donors (Lipinski definition) is 2. The lowest BCUT2D eigenvalue weighted by Crippen LogP contribution is -2.40. The molecule has 0 spiro atoms. The molecule has 1 atom stereocenters. The fourth-order valence-electron chi connectivity index (χ4n) is 4.11. The van der Waals surface area contributed by atoms with Crippen molar-refractivity contribution in [2.24, 2.45) is 0 Å². The molecule has 5 rings (SSSR count). The van der Waals surface area contributed by atoms with E-state index in [1.165, 1.54) is 4.90 Å². The predicted octanol–water partition coefficient (Wildman–Crippen LogP) is 3.46. The van der Waals surface area contributed by atoms with Crippen molar-refractivity contribution in [1.29, 1.82) is 0 Å². The van der Waals surface area contributed by atoms with Crippen LogP contribution in [0.3, 0.4) is 0 Å². The largest absolute Gasteiger partial charge is 0.491 e. The number of aromatic nitrogens is 5. The second-order valence-corrected chi connectivity index (χ2v) is 8.72. The number of amides is 1. The van der Waals surface area contributed by atoms with Crippen molar-refractivity contribution >= 4 is 39.2 Å². The molecular weight excluding hydrogens is 470 g/mol. The lowest BCUT2D eigenvalue weighted by Gasteiger charge is -2.27. The lowest BCUT2D eigenvalue weighted by atomic mass is 10.1. The number of pyridine rings is 1. The molecule has 2 aromatic carbocycles. The molecular formula is C27H27N7O3. The number of likely N-dealkylation sites (N-methyl/N-ethyl adjacent to an activating group) is 1. The van der Waals surface area contributed by atoms with Gasteiger partial charge in [0.2, 0.25) is 5.91 Å².